The Morgan fingerprint density at radius 1 is 1.00 bits per heavy atom. The van der Waals surface area contributed by atoms with Crippen molar-refractivity contribution < 1.29 is 42.9 Å². The van der Waals surface area contributed by atoms with E-state index in [1.165, 1.54) is 0 Å². The largest absolute Gasteiger partial charge is 0.469 e. The Labute approximate surface area is 199 Å². The number of aryl methyl sites for hydroxylation is 3. The minimum Gasteiger partial charge on any atom is -0.469 e. The first kappa shape index (κ1) is 26.5. The highest BCUT2D eigenvalue weighted by Gasteiger charge is 2.30. The van der Waals surface area contributed by atoms with Crippen molar-refractivity contribution in [1.29, 1.82) is 0 Å². The number of carbonyl (C=O) groups is 5. The van der Waals surface area contributed by atoms with Crippen molar-refractivity contribution in [2.24, 2.45) is 0 Å². The second-order valence-corrected chi connectivity index (χ2v) is 7.98. The van der Waals surface area contributed by atoms with Gasteiger partial charge in [0.1, 0.15) is 9.88 Å². The van der Waals surface area contributed by atoms with E-state index in [2.05, 4.69) is 15.2 Å². The summed E-state index contributed by atoms with van der Waals surface area (Å²) in [5, 5.41) is 6.60. The smallest absolute Gasteiger partial charge is 0.348 e. The number of amides is 1. The fourth-order valence-corrected chi connectivity index (χ4v) is 4.14. The van der Waals surface area contributed by atoms with Crippen LogP contribution >= 0.6 is 11.3 Å². The van der Waals surface area contributed by atoms with Gasteiger partial charge in [-0.3, -0.25) is 19.1 Å². The van der Waals surface area contributed by atoms with E-state index in [0.717, 1.165) is 44.1 Å². The van der Waals surface area contributed by atoms with Gasteiger partial charge in [-0.15, -0.1) is 11.3 Å². The van der Waals surface area contributed by atoms with Crippen LogP contribution in [0.25, 0.3) is 0 Å². The van der Waals surface area contributed by atoms with Crippen LogP contribution in [0.15, 0.2) is 6.07 Å². The molecule has 0 aromatic carbocycles. The number of methoxy groups -OCH3 is 3. The van der Waals surface area contributed by atoms with E-state index in [-0.39, 0.29) is 34.0 Å². The fourth-order valence-electron chi connectivity index (χ4n) is 2.99. The zero-order chi connectivity index (χ0) is 25.4. The first-order valence-corrected chi connectivity index (χ1v) is 10.8. The van der Waals surface area contributed by atoms with Crippen LogP contribution in [-0.2, 0) is 46.3 Å². The molecule has 1 amide bonds. The van der Waals surface area contributed by atoms with Crippen LogP contribution in [0.2, 0.25) is 0 Å². The minimum atomic E-state index is -0.887. The van der Waals surface area contributed by atoms with Gasteiger partial charge in [0.05, 0.1) is 52.0 Å². The third-order valence-electron chi connectivity index (χ3n) is 4.56. The lowest BCUT2D eigenvalue weighted by atomic mass is 10.1. The van der Waals surface area contributed by atoms with Crippen molar-refractivity contribution >= 4 is 46.1 Å². The summed E-state index contributed by atoms with van der Waals surface area (Å²) in [6.45, 7) is 3.35. The summed E-state index contributed by atoms with van der Waals surface area (Å²) < 4.78 is 20.7. The van der Waals surface area contributed by atoms with Gasteiger partial charge in [-0.25, -0.2) is 9.59 Å². The minimum absolute atomic E-state index is 0.00256. The maximum atomic E-state index is 12.4. The van der Waals surface area contributed by atoms with Gasteiger partial charge >= 0.3 is 23.9 Å². The molecule has 0 fully saturated rings. The molecule has 0 saturated heterocycles. The van der Waals surface area contributed by atoms with Crippen LogP contribution in [0.3, 0.4) is 0 Å². The number of nitrogens with one attached hydrogen (secondary N) is 1. The number of hydrogen-bond acceptors (Lipinski definition) is 11. The third-order valence-corrected chi connectivity index (χ3v) is 5.69. The van der Waals surface area contributed by atoms with Gasteiger partial charge < -0.3 is 24.3 Å². The molecule has 0 unspecified atom stereocenters. The highest BCUT2D eigenvalue weighted by atomic mass is 32.1. The average Bonchev–Trinajstić information content (AvgIpc) is 3.32. The van der Waals surface area contributed by atoms with Crippen LogP contribution in [-0.4, -0.2) is 67.5 Å². The van der Waals surface area contributed by atoms with Crippen molar-refractivity contribution in [3.8, 4) is 0 Å². The molecule has 2 rings (SSSR count). The Morgan fingerprint density at radius 3 is 2.24 bits per heavy atom. The van der Waals surface area contributed by atoms with Crippen molar-refractivity contribution in [1.82, 2.24) is 9.78 Å². The lowest BCUT2D eigenvalue weighted by Gasteiger charge is -2.08. The van der Waals surface area contributed by atoms with Gasteiger partial charge in [-0.2, -0.15) is 5.10 Å². The normalized spacial score (nSPS) is 10.4. The molecule has 12 nitrogen and oxygen atoms in total. The lowest BCUT2D eigenvalue weighted by Crippen LogP contribution is -2.22. The van der Waals surface area contributed by atoms with E-state index in [1.807, 2.05) is 19.9 Å². The number of carbonyl (C=O) groups excluding carboxylic acids is 5. The van der Waals surface area contributed by atoms with Crippen LogP contribution in [0.1, 0.15) is 43.4 Å². The number of hydrogen-bond donors (Lipinski definition) is 1. The molecule has 34 heavy (non-hydrogen) atoms. The van der Waals surface area contributed by atoms with E-state index >= 15 is 0 Å². The summed E-state index contributed by atoms with van der Waals surface area (Å²) in [7, 11) is 3.39. The molecule has 1 N–H and O–H groups in total. The first-order chi connectivity index (χ1) is 16.1. The molecule has 0 aliphatic rings. The number of ether oxygens (including phenoxy) is 4. The maximum absolute atomic E-state index is 12.4. The summed E-state index contributed by atoms with van der Waals surface area (Å²) in [4.78, 5) is 60.7. The van der Waals surface area contributed by atoms with Crippen molar-refractivity contribution in [3.63, 3.8) is 0 Å². The Hall–Kier alpha value is -3.74. The maximum Gasteiger partial charge on any atom is 0.348 e. The monoisotopic (exact) mass is 495 g/mol. The van der Waals surface area contributed by atoms with Gasteiger partial charge in [-0.05, 0) is 19.9 Å². The second-order valence-electron chi connectivity index (χ2n) is 6.96. The zero-order valence-corrected chi connectivity index (χ0v) is 20.2. The summed E-state index contributed by atoms with van der Waals surface area (Å²) >= 11 is 0.722. The van der Waals surface area contributed by atoms with E-state index in [9.17, 15) is 24.0 Å². The number of rotatable bonds is 10. The van der Waals surface area contributed by atoms with Crippen molar-refractivity contribution in [2.45, 2.75) is 33.2 Å². The molecule has 0 aliphatic heterocycles. The molecule has 13 heteroatoms. The number of anilines is 1. The van der Waals surface area contributed by atoms with Crippen LogP contribution in [0.4, 0.5) is 5.00 Å². The molecule has 0 spiro atoms. The molecule has 0 bridgehead atoms. The van der Waals surface area contributed by atoms with E-state index in [4.69, 9.17) is 14.2 Å². The number of esters is 4. The average molecular weight is 496 g/mol. The summed E-state index contributed by atoms with van der Waals surface area (Å²) in [6.07, 6.45) is -0.434. The van der Waals surface area contributed by atoms with Crippen molar-refractivity contribution in [2.75, 3.05) is 33.3 Å². The van der Waals surface area contributed by atoms with E-state index < -0.39 is 42.8 Å². The highest BCUT2D eigenvalue weighted by Crippen LogP contribution is 2.35. The summed E-state index contributed by atoms with van der Waals surface area (Å²) in [5.41, 5.74) is 1.51. The van der Waals surface area contributed by atoms with E-state index in [0.29, 0.717) is 0 Å². The van der Waals surface area contributed by atoms with Crippen molar-refractivity contribution in [3.05, 3.63) is 33.5 Å². The molecule has 2 aromatic rings. The topological polar surface area (TPSA) is 152 Å². The molecule has 2 heterocycles. The quantitative estimate of drug-likeness (QED) is 0.378. The standard InChI is InChI=1S/C21H25N3O9S/c1-11-8-12(2)24(23-11)7-6-15(26)33-10-14(25)22-19-17(20(28)31-4)13(9-16(27)30-3)18(34-19)21(29)32-5/h8H,6-7,9-10H2,1-5H3,(H,22,25). The van der Waals surface area contributed by atoms with Gasteiger partial charge in [-0.1, -0.05) is 0 Å². The summed E-state index contributed by atoms with van der Waals surface area (Å²) in [5.74, 6) is -3.80. The lowest BCUT2D eigenvalue weighted by molar-refractivity contribution is -0.147. The van der Waals surface area contributed by atoms with Gasteiger partial charge in [0.15, 0.2) is 6.61 Å². The molecular formula is C21H25N3O9S. The Bertz CT molecular complexity index is 1100. The predicted molar refractivity (Wildman–Crippen MR) is 119 cm³/mol. The predicted octanol–water partition coefficient (Wildman–Crippen LogP) is 1.42. The number of thiophene rings is 1. The molecule has 0 atom stereocenters. The Morgan fingerprint density at radius 2 is 1.68 bits per heavy atom. The Balaban J connectivity index is 2.12. The number of nitrogens with zero attached hydrogens (tertiary/aromatic N) is 2. The molecule has 2 aromatic heterocycles. The Kier molecular flexibility index (Phi) is 9.30. The molecule has 0 saturated carbocycles. The third kappa shape index (κ3) is 6.63. The highest BCUT2D eigenvalue weighted by molar-refractivity contribution is 7.18. The molecular weight excluding hydrogens is 470 g/mol. The van der Waals surface area contributed by atoms with Crippen LogP contribution in [0, 0.1) is 13.8 Å². The van der Waals surface area contributed by atoms with E-state index in [1.54, 1.807) is 4.68 Å². The zero-order valence-electron chi connectivity index (χ0n) is 19.4. The fraction of sp³-hybridized carbons (Fsp3) is 0.429. The summed E-state index contributed by atoms with van der Waals surface area (Å²) in [6, 6.07) is 1.87. The molecule has 184 valence electrons. The van der Waals surface area contributed by atoms with Crippen LogP contribution in [0.5, 0.6) is 0 Å². The van der Waals surface area contributed by atoms with Gasteiger partial charge in [0, 0.05) is 11.3 Å². The molecule has 0 aliphatic carbocycles. The molecule has 0 radical (unpaired) electrons. The second kappa shape index (κ2) is 11.9. The van der Waals surface area contributed by atoms with Crippen LogP contribution < -0.4 is 5.32 Å². The SMILES string of the molecule is COC(=O)Cc1c(C(=O)OC)sc(NC(=O)COC(=O)CCn2nc(C)cc2C)c1C(=O)OC. The van der Waals surface area contributed by atoms with Gasteiger partial charge in [0.2, 0.25) is 0 Å². The number of aromatic nitrogens is 2. The van der Waals surface area contributed by atoms with Gasteiger partial charge in [0.25, 0.3) is 5.91 Å². The first-order valence-electron chi connectivity index (χ1n) is 9.96.